The quantitative estimate of drug-likeness (QED) is 0.241. The fourth-order valence-corrected chi connectivity index (χ4v) is 7.35. The summed E-state index contributed by atoms with van der Waals surface area (Å²) in [5.74, 6) is 0.529. The molecule has 0 N–H and O–H groups in total. The molecule has 1 aliphatic heterocycles. The van der Waals surface area contributed by atoms with Gasteiger partial charge in [-0.05, 0) is 68.9 Å². The van der Waals surface area contributed by atoms with Gasteiger partial charge in [0.1, 0.15) is 0 Å². The van der Waals surface area contributed by atoms with E-state index in [1.807, 2.05) is 46.6 Å². The molecule has 3 heterocycles. The van der Waals surface area contributed by atoms with Crippen molar-refractivity contribution in [3.8, 4) is 21.7 Å². The zero-order valence-corrected chi connectivity index (χ0v) is 22.1. The van der Waals surface area contributed by atoms with E-state index in [1.54, 1.807) is 0 Å². The van der Waals surface area contributed by atoms with Crippen LogP contribution in [0.15, 0.2) is 64.9 Å². The van der Waals surface area contributed by atoms with Crippen molar-refractivity contribution in [2.75, 3.05) is 19.3 Å². The summed E-state index contributed by atoms with van der Waals surface area (Å²) in [5, 5.41) is 2.03. The Kier molecular flexibility index (Phi) is 7.24. The van der Waals surface area contributed by atoms with Gasteiger partial charge in [-0.1, -0.05) is 53.6 Å². The van der Waals surface area contributed by atoms with Crippen molar-refractivity contribution < 1.29 is 0 Å². The topological polar surface area (TPSA) is 16.1 Å². The van der Waals surface area contributed by atoms with Crippen molar-refractivity contribution >= 4 is 46.0 Å². The first-order chi connectivity index (χ1) is 16.1. The number of nitrogens with zero attached hydrogens (tertiary/aromatic N) is 2. The first kappa shape index (κ1) is 23.1. The molecule has 1 fully saturated rings. The highest BCUT2D eigenvalue weighted by Crippen LogP contribution is 2.42. The van der Waals surface area contributed by atoms with Gasteiger partial charge in [0, 0.05) is 27.9 Å². The molecule has 1 saturated heterocycles. The van der Waals surface area contributed by atoms with E-state index in [2.05, 4.69) is 66.6 Å². The van der Waals surface area contributed by atoms with Crippen LogP contribution in [0.1, 0.15) is 34.2 Å². The van der Waals surface area contributed by atoms with Gasteiger partial charge in [-0.25, -0.2) is 4.98 Å². The maximum atomic E-state index is 6.16. The molecule has 6 heteroatoms. The molecule has 0 amide bonds. The van der Waals surface area contributed by atoms with Crippen molar-refractivity contribution in [2.45, 2.75) is 36.4 Å². The standard InChI is InChI=1S/C27H27ClN2S3/c1-18-3-5-20(6-4-18)26-25(19-7-9-22(28)10-8-19)29-27(33-26)21-13-15-30(16-14-21)17-23-11-12-24(31-2)32-23/h3-12,21H,13-17H2,1-2H3. The highest BCUT2D eigenvalue weighted by molar-refractivity contribution is 8.00. The van der Waals surface area contributed by atoms with Crippen LogP contribution in [0.25, 0.3) is 21.7 Å². The number of thiophene rings is 1. The molecule has 2 aromatic carbocycles. The third-order valence-electron chi connectivity index (χ3n) is 6.23. The van der Waals surface area contributed by atoms with Crippen LogP contribution in [0.3, 0.4) is 0 Å². The number of piperidine rings is 1. The van der Waals surface area contributed by atoms with Gasteiger partial charge in [-0.3, -0.25) is 4.90 Å². The number of hydrogen-bond acceptors (Lipinski definition) is 5. The fourth-order valence-electron chi connectivity index (χ4n) is 4.33. The minimum Gasteiger partial charge on any atom is -0.298 e. The highest BCUT2D eigenvalue weighted by atomic mass is 35.5. The lowest BCUT2D eigenvalue weighted by Gasteiger charge is -2.30. The Morgan fingerprint density at radius 1 is 0.939 bits per heavy atom. The summed E-state index contributed by atoms with van der Waals surface area (Å²) in [5.41, 5.74) is 4.74. The SMILES string of the molecule is CSc1ccc(CN2CCC(c3nc(-c4ccc(Cl)cc4)c(-c4ccc(C)cc4)s3)CC2)s1. The van der Waals surface area contributed by atoms with Crippen LogP contribution >= 0.6 is 46.0 Å². The van der Waals surface area contributed by atoms with Crippen LogP contribution in [0.2, 0.25) is 5.02 Å². The van der Waals surface area contributed by atoms with Gasteiger partial charge in [0.2, 0.25) is 0 Å². The van der Waals surface area contributed by atoms with E-state index in [-0.39, 0.29) is 0 Å². The molecule has 33 heavy (non-hydrogen) atoms. The van der Waals surface area contributed by atoms with Gasteiger partial charge in [0.15, 0.2) is 0 Å². The number of halogens is 1. The number of aryl methyl sites for hydroxylation is 1. The summed E-state index contributed by atoms with van der Waals surface area (Å²) in [4.78, 5) is 10.5. The molecule has 5 rings (SSSR count). The maximum Gasteiger partial charge on any atom is 0.0970 e. The van der Waals surface area contributed by atoms with E-state index in [4.69, 9.17) is 16.6 Å². The molecule has 0 atom stereocenters. The van der Waals surface area contributed by atoms with Gasteiger partial charge in [0.25, 0.3) is 0 Å². The van der Waals surface area contributed by atoms with Crippen molar-refractivity contribution in [3.63, 3.8) is 0 Å². The van der Waals surface area contributed by atoms with Crippen LogP contribution in [0, 0.1) is 6.92 Å². The maximum absolute atomic E-state index is 6.16. The Balaban J connectivity index is 1.36. The Labute approximate surface area is 213 Å². The summed E-state index contributed by atoms with van der Waals surface area (Å²) in [6.07, 6.45) is 4.49. The zero-order valence-electron chi connectivity index (χ0n) is 18.9. The molecule has 0 spiro atoms. The average molecular weight is 511 g/mol. The lowest BCUT2D eigenvalue weighted by atomic mass is 9.97. The molecular weight excluding hydrogens is 484 g/mol. The monoisotopic (exact) mass is 510 g/mol. The van der Waals surface area contributed by atoms with Crippen LogP contribution in [0.4, 0.5) is 0 Å². The highest BCUT2D eigenvalue weighted by Gasteiger charge is 2.26. The number of benzene rings is 2. The Morgan fingerprint density at radius 3 is 2.30 bits per heavy atom. The molecular formula is C27H27ClN2S3. The summed E-state index contributed by atoms with van der Waals surface area (Å²) in [6, 6.07) is 21.4. The molecule has 4 aromatic rings. The molecule has 2 aromatic heterocycles. The first-order valence-electron chi connectivity index (χ1n) is 11.3. The second kappa shape index (κ2) is 10.3. The third kappa shape index (κ3) is 5.39. The van der Waals surface area contributed by atoms with Gasteiger partial charge in [-0.15, -0.1) is 34.4 Å². The molecule has 2 nitrogen and oxygen atoms in total. The first-order valence-corrected chi connectivity index (χ1v) is 14.5. The largest absolute Gasteiger partial charge is 0.298 e. The van der Waals surface area contributed by atoms with Crippen molar-refractivity contribution in [1.82, 2.24) is 9.88 Å². The predicted molar refractivity (Wildman–Crippen MR) is 146 cm³/mol. The number of aromatic nitrogens is 1. The van der Waals surface area contributed by atoms with Crippen molar-refractivity contribution in [1.29, 1.82) is 0 Å². The number of rotatable bonds is 6. The number of hydrogen-bond donors (Lipinski definition) is 0. The van der Waals surface area contributed by atoms with Gasteiger partial charge in [0.05, 0.1) is 19.8 Å². The lowest BCUT2D eigenvalue weighted by molar-refractivity contribution is 0.206. The Morgan fingerprint density at radius 2 is 1.64 bits per heavy atom. The predicted octanol–water partition coefficient (Wildman–Crippen LogP) is 8.60. The van der Waals surface area contributed by atoms with E-state index in [1.165, 1.54) is 42.9 Å². The smallest absolute Gasteiger partial charge is 0.0970 e. The molecule has 0 radical (unpaired) electrons. The molecule has 0 saturated carbocycles. The molecule has 0 aliphatic carbocycles. The third-order valence-corrected chi connectivity index (χ3v) is 9.90. The summed E-state index contributed by atoms with van der Waals surface area (Å²) < 4.78 is 1.40. The van der Waals surface area contributed by atoms with E-state index in [9.17, 15) is 0 Å². The molecule has 0 unspecified atom stereocenters. The van der Waals surface area contributed by atoms with Gasteiger partial charge >= 0.3 is 0 Å². The number of thiazole rings is 1. The average Bonchev–Trinajstić information content (AvgIpc) is 3.48. The fraction of sp³-hybridized carbons (Fsp3) is 0.296. The minimum atomic E-state index is 0.529. The van der Waals surface area contributed by atoms with Gasteiger partial charge < -0.3 is 0 Å². The molecule has 0 bridgehead atoms. The normalized spacial score (nSPS) is 15.2. The van der Waals surface area contributed by atoms with Crippen LogP contribution in [-0.4, -0.2) is 29.2 Å². The minimum absolute atomic E-state index is 0.529. The Bertz CT molecular complexity index is 1140. The van der Waals surface area contributed by atoms with Crippen LogP contribution in [-0.2, 0) is 6.54 Å². The Hall–Kier alpha value is -1.63. The lowest BCUT2D eigenvalue weighted by Crippen LogP contribution is -2.32. The van der Waals surface area contributed by atoms with E-state index in [0.717, 1.165) is 35.9 Å². The second-order valence-corrected chi connectivity index (χ2v) is 12.3. The number of likely N-dealkylation sites (tertiary alicyclic amines) is 1. The summed E-state index contributed by atoms with van der Waals surface area (Å²) in [7, 11) is 0. The summed E-state index contributed by atoms with van der Waals surface area (Å²) in [6.45, 7) is 5.47. The molecule has 170 valence electrons. The molecule has 1 aliphatic rings. The zero-order chi connectivity index (χ0) is 22.8. The van der Waals surface area contributed by atoms with Crippen LogP contribution < -0.4 is 0 Å². The van der Waals surface area contributed by atoms with Crippen molar-refractivity contribution in [2.24, 2.45) is 0 Å². The van der Waals surface area contributed by atoms with Crippen LogP contribution in [0.5, 0.6) is 0 Å². The number of thioether (sulfide) groups is 1. The van der Waals surface area contributed by atoms with Crippen molar-refractivity contribution in [3.05, 3.63) is 81.1 Å². The van der Waals surface area contributed by atoms with Gasteiger partial charge in [-0.2, -0.15) is 0 Å². The second-order valence-electron chi connectivity index (χ2n) is 8.58. The van der Waals surface area contributed by atoms with E-state index < -0.39 is 0 Å². The van der Waals surface area contributed by atoms with E-state index >= 15 is 0 Å². The van der Waals surface area contributed by atoms with E-state index in [0.29, 0.717) is 5.92 Å². The summed E-state index contributed by atoms with van der Waals surface area (Å²) >= 11 is 11.8.